The number of aromatic nitrogens is 1. The van der Waals surface area contributed by atoms with Crippen LogP contribution < -0.4 is 14.8 Å². The third-order valence-corrected chi connectivity index (χ3v) is 5.01. The van der Waals surface area contributed by atoms with E-state index in [2.05, 4.69) is 21.1 Å². The molecule has 1 aliphatic heterocycles. The van der Waals surface area contributed by atoms with Crippen LogP contribution in [0.2, 0.25) is 0 Å². The van der Waals surface area contributed by atoms with Crippen molar-refractivity contribution in [2.45, 2.75) is 19.5 Å². The molecular formula is C20H16F2N2O3S. The van der Waals surface area contributed by atoms with Crippen LogP contribution in [-0.2, 0) is 17.6 Å². The topological polar surface area (TPSA) is 60.5 Å². The van der Waals surface area contributed by atoms with Crippen molar-refractivity contribution >= 4 is 22.4 Å². The molecule has 0 saturated carbocycles. The van der Waals surface area contributed by atoms with Crippen molar-refractivity contribution in [3.05, 3.63) is 59.0 Å². The number of thiazole rings is 1. The van der Waals surface area contributed by atoms with E-state index in [1.165, 1.54) is 23.5 Å². The lowest BCUT2D eigenvalue weighted by atomic mass is 10.1. The normalized spacial score (nSPS) is 12.5. The summed E-state index contributed by atoms with van der Waals surface area (Å²) < 4.78 is 34.1. The average Bonchev–Trinajstić information content (AvgIpc) is 3.31. The number of amides is 1. The first-order valence-corrected chi connectivity index (χ1v) is 9.50. The molecule has 0 atom stereocenters. The Morgan fingerprint density at radius 1 is 1.25 bits per heavy atom. The van der Waals surface area contributed by atoms with Gasteiger partial charge in [0.05, 0.1) is 18.7 Å². The van der Waals surface area contributed by atoms with Crippen LogP contribution >= 0.6 is 11.3 Å². The zero-order chi connectivity index (χ0) is 19.5. The largest absolute Gasteiger partial charge is 0.493 e. The zero-order valence-corrected chi connectivity index (χ0v) is 15.5. The van der Waals surface area contributed by atoms with E-state index in [9.17, 15) is 13.6 Å². The Kier molecular flexibility index (Phi) is 5.21. The molecule has 8 heteroatoms. The first kappa shape index (κ1) is 18.4. The molecule has 3 aromatic rings. The molecule has 0 fully saturated rings. The quantitative estimate of drug-likeness (QED) is 0.658. The zero-order valence-electron chi connectivity index (χ0n) is 14.7. The van der Waals surface area contributed by atoms with E-state index >= 15 is 0 Å². The first-order chi connectivity index (χ1) is 13.6. The van der Waals surface area contributed by atoms with Crippen LogP contribution in [0.5, 0.6) is 11.5 Å². The molecule has 0 unspecified atom stereocenters. The second-order valence-electron chi connectivity index (χ2n) is 6.21. The molecule has 2 heterocycles. The van der Waals surface area contributed by atoms with Gasteiger partial charge in [0, 0.05) is 17.4 Å². The van der Waals surface area contributed by atoms with Crippen molar-refractivity contribution in [1.82, 2.24) is 4.98 Å². The summed E-state index contributed by atoms with van der Waals surface area (Å²) in [5.41, 5.74) is 3.63. The summed E-state index contributed by atoms with van der Waals surface area (Å²) in [6, 6.07) is 11.9. The van der Waals surface area contributed by atoms with Crippen molar-refractivity contribution in [3.8, 4) is 22.8 Å². The number of carbonyl (C=O) groups excluding carboxylic acids is 1. The van der Waals surface area contributed by atoms with Crippen LogP contribution in [0, 0.1) is 0 Å². The smallest absolute Gasteiger partial charge is 0.387 e. The molecule has 4 rings (SSSR count). The summed E-state index contributed by atoms with van der Waals surface area (Å²) in [7, 11) is 0. The molecular weight excluding hydrogens is 386 g/mol. The lowest BCUT2D eigenvalue weighted by molar-refractivity contribution is -0.115. The van der Waals surface area contributed by atoms with Crippen LogP contribution in [0.15, 0.2) is 47.8 Å². The summed E-state index contributed by atoms with van der Waals surface area (Å²) in [4.78, 5) is 16.7. The predicted octanol–water partition coefficient (Wildman–Crippen LogP) is 4.53. The second kappa shape index (κ2) is 7.93. The van der Waals surface area contributed by atoms with Crippen LogP contribution in [-0.4, -0.2) is 24.1 Å². The Morgan fingerprint density at radius 2 is 2.07 bits per heavy atom. The van der Waals surface area contributed by atoms with Gasteiger partial charge in [-0.1, -0.05) is 12.1 Å². The second-order valence-corrected chi connectivity index (χ2v) is 7.06. The van der Waals surface area contributed by atoms with Crippen LogP contribution in [0.3, 0.4) is 0 Å². The van der Waals surface area contributed by atoms with Crippen molar-refractivity contribution in [3.63, 3.8) is 0 Å². The van der Waals surface area contributed by atoms with E-state index in [0.717, 1.165) is 29.0 Å². The number of benzene rings is 2. The van der Waals surface area contributed by atoms with Gasteiger partial charge < -0.3 is 14.8 Å². The first-order valence-electron chi connectivity index (χ1n) is 8.62. The third-order valence-electron chi connectivity index (χ3n) is 4.25. The molecule has 0 saturated heterocycles. The van der Waals surface area contributed by atoms with E-state index in [1.807, 2.05) is 17.5 Å². The third kappa shape index (κ3) is 4.28. The van der Waals surface area contributed by atoms with Gasteiger partial charge in [0.2, 0.25) is 5.91 Å². The highest BCUT2D eigenvalue weighted by atomic mass is 32.1. The number of alkyl halides is 2. The van der Waals surface area contributed by atoms with Gasteiger partial charge >= 0.3 is 6.61 Å². The lowest BCUT2D eigenvalue weighted by Gasteiger charge is -2.06. The SMILES string of the molecule is O=C(Cc1ccc(OC(F)F)cc1)Nc1nc(-c2ccc3c(c2)CCO3)cs1. The molecule has 1 N–H and O–H groups in total. The number of hydrogen-bond acceptors (Lipinski definition) is 5. The van der Waals surface area contributed by atoms with E-state index in [4.69, 9.17) is 4.74 Å². The summed E-state index contributed by atoms with van der Waals surface area (Å²) in [5, 5.41) is 5.17. The van der Waals surface area contributed by atoms with Crippen LogP contribution in [0.4, 0.5) is 13.9 Å². The Labute approximate surface area is 163 Å². The van der Waals surface area contributed by atoms with Crippen molar-refractivity contribution in [2.24, 2.45) is 0 Å². The summed E-state index contributed by atoms with van der Waals surface area (Å²) in [6.07, 6.45) is 0.998. The molecule has 144 valence electrons. The Balaban J connectivity index is 1.37. The van der Waals surface area contributed by atoms with E-state index < -0.39 is 6.61 Å². The van der Waals surface area contributed by atoms with Crippen molar-refractivity contribution in [2.75, 3.05) is 11.9 Å². The molecule has 2 aromatic carbocycles. The number of rotatable bonds is 6. The molecule has 1 amide bonds. The Hall–Kier alpha value is -3.00. The van der Waals surface area contributed by atoms with E-state index in [0.29, 0.717) is 17.3 Å². The average molecular weight is 402 g/mol. The maximum Gasteiger partial charge on any atom is 0.387 e. The maximum atomic E-state index is 12.2. The minimum Gasteiger partial charge on any atom is -0.493 e. The number of hydrogen-bond donors (Lipinski definition) is 1. The Bertz CT molecular complexity index is 989. The molecule has 0 spiro atoms. The van der Waals surface area contributed by atoms with Crippen LogP contribution in [0.1, 0.15) is 11.1 Å². The predicted molar refractivity (Wildman–Crippen MR) is 102 cm³/mol. The van der Waals surface area contributed by atoms with Crippen molar-refractivity contribution in [1.29, 1.82) is 0 Å². The molecule has 5 nitrogen and oxygen atoms in total. The number of nitrogens with one attached hydrogen (secondary N) is 1. The lowest BCUT2D eigenvalue weighted by Crippen LogP contribution is -2.14. The monoisotopic (exact) mass is 402 g/mol. The standard InChI is InChI=1S/C20H16F2N2O3S/c21-19(22)27-15-4-1-12(2-5-15)9-18(25)24-20-23-16(11-28-20)13-3-6-17-14(10-13)7-8-26-17/h1-6,10-11,19H,7-9H2,(H,23,24,25). The van der Waals surface area contributed by atoms with Gasteiger partial charge in [-0.2, -0.15) is 8.78 Å². The van der Waals surface area contributed by atoms with Gasteiger partial charge in [0.15, 0.2) is 5.13 Å². The summed E-state index contributed by atoms with van der Waals surface area (Å²) >= 11 is 1.35. The molecule has 1 aromatic heterocycles. The maximum absolute atomic E-state index is 12.2. The van der Waals surface area contributed by atoms with Gasteiger partial charge in [0.1, 0.15) is 11.5 Å². The van der Waals surface area contributed by atoms with Gasteiger partial charge in [-0.3, -0.25) is 4.79 Å². The molecule has 0 aliphatic carbocycles. The minimum absolute atomic E-state index is 0.0588. The number of carbonyl (C=O) groups is 1. The number of anilines is 1. The fraction of sp³-hybridized carbons (Fsp3) is 0.200. The number of ether oxygens (including phenoxy) is 2. The molecule has 1 aliphatic rings. The fourth-order valence-electron chi connectivity index (χ4n) is 2.95. The van der Waals surface area contributed by atoms with Gasteiger partial charge in [-0.05, 0) is 41.5 Å². The highest BCUT2D eigenvalue weighted by molar-refractivity contribution is 7.14. The molecule has 28 heavy (non-hydrogen) atoms. The van der Waals surface area contributed by atoms with Gasteiger partial charge in [-0.25, -0.2) is 4.98 Å². The highest BCUT2D eigenvalue weighted by Crippen LogP contribution is 2.32. The number of fused-ring (bicyclic) bond motifs is 1. The number of nitrogens with zero attached hydrogens (tertiary/aromatic N) is 1. The van der Waals surface area contributed by atoms with Crippen molar-refractivity contribution < 1.29 is 23.0 Å². The number of halogens is 2. The van der Waals surface area contributed by atoms with E-state index in [1.54, 1.807) is 12.1 Å². The van der Waals surface area contributed by atoms with E-state index in [-0.39, 0.29) is 18.1 Å². The minimum atomic E-state index is -2.87. The Morgan fingerprint density at radius 3 is 2.86 bits per heavy atom. The highest BCUT2D eigenvalue weighted by Gasteiger charge is 2.15. The summed E-state index contributed by atoms with van der Waals surface area (Å²) in [5.74, 6) is 0.742. The fourth-order valence-corrected chi connectivity index (χ4v) is 3.68. The molecule has 0 radical (unpaired) electrons. The van der Waals surface area contributed by atoms with Gasteiger partial charge in [0.25, 0.3) is 0 Å². The van der Waals surface area contributed by atoms with Gasteiger partial charge in [-0.15, -0.1) is 11.3 Å². The van der Waals surface area contributed by atoms with Crippen LogP contribution in [0.25, 0.3) is 11.3 Å². The molecule has 0 bridgehead atoms. The summed E-state index contributed by atoms with van der Waals surface area (Å²) in [6.45, 7) is -2.17.